The monoisotopic (exact) mass is 364 g/mol. The number of aromatic nitrogens is 2. The van der Waals surface area contributed by atoms with Crippen LogP contribution in [0.4, 0.5) is 13.2 Å². The third kappa shape index (κ3) is 2.21. The molecule has 0 atom stereocenters. The molecule has 0 unspecified atom stereocenters. The minimum Gasteiger partial charge on any atom is -0.307 e. The maximum Gasteiger partial charge on any atom is 0.416 e. The SMILES string of the molecule is O=c1[nH]c2ccc(C(F)(F)F)cc2c(=O)n1C12CC3CC(CC(C3)C1)C2. The third-order valence-corrected chi connectivity index (χ3v) is 6.71. The van der Waals surface area contributed by atoms with Crippen LogP contribution in [-0.4, -0.2) is 9.55 Å². The Morgan fingerprint density at radius 2 is 1.58 bits per heavy atom. The molecule has 4 nitrogen and oxygen atoms in total. The van der Waals surface area contributed by atoms with Crippen LogP contribution in [0.3, 0.4) is 0 Å². The van der Waals surface area contributed by atoms with E-state index in [0.717, 1.165) is 50.7 Å². The Morgan fingerprint density at radius 1 is 1.00 bits per heavy atom. The van der Waals surface area contributed by atoms with Crippen molar-refractivity contribution >= 4 is 10.9 Å². The van der Waals surface area contributed by atoms with Gasteiger partial charge in [-0.1, -0.05) is 0 Å². The minimum atomic E-state index is -4.53. The number of fused-ring (bicyclic) bond motifs is 1. The van der Waals surface area contributed by atoms with E-state index in [1.54, 1.807) is 0 Å². The summed E-state index contributed by atoms with van der Waals surface area (Å²) >= 11 is 0. The average molecular weight is 364 g/mol. The molecule has 7 heteroatoms. The van der Waals surface area contributed by atoms with Crippen molar-refractivity contribution in [2.75, 3.05) is 0 Å². The molecule has 0 aliphatic heterocycles. The molecule has 2 aromatic rings. The van der Waals surface area contributed by atoms with Crippen LogP contribution in [0.2, 0.25) is 0 Å². The summed E-state index contributed by atoms with van der Waals surface area (Å²) in [5, 5.41) is -0.0600. The average Bonchev–Trinajstić information content (AvgIpc) is 2.52. The Morgan fingerprint density at radius 3 is 2.12 bits per heavy atom. The molecule has 0 saturated heterocycles. The molecule has 6 rings (SSSR count). The standard InChI is InChI=1S/C19H19F3N2O2/c20-19(21,22)13-1-2-15-14(6-13)16(25)24(17(26)23-15)18-7-10-3-11(8-18)5-12(4-10)9-18/h1-2,6,10-12H,3-5,7-9H2,(H,23,26). The summed E-state index contributed by atoms with van der Waals surface area (Å²) in [5.74, 6) is 1.55. The second-order valence-corrected chi connectivity index (χ2v) is 8.47. The number of H-pyrrole nitrogens is 1. The zero-order valence-corrected chi connectivity index (χ0v) is 14.1. The quantitative estimate of drug-likeness (QED) is 0.840. The van der Waals surface area contributed by atoms with Crippen LogP contribution in [0.5, 0.6) is 0 Å². The molecule has 4 bridgehead atoms. The van der Waals surface area contributed by atoms with Gasteiger partial charge in [0.05, 0.1) is 22.0 Å². The number of hydrogen-bond acceptors (Lipinski definition) is 2. The number of nitrogens with zero attached hydrogens (tertiary/aromatic N) is 1. The molecule has 0 amide bonds. The first-order valence-corrected chi connectivity index (χ1v) is 9.12. The first kappa shape index (κ1) is 16.1. The Balaban J connectivity index is 1.73. The second-order valence-electron chi connectivity index (χ2n) is 8.47. The van der Waals surface area contributed by atoms with Crippen molar-refractivity contribution in [1.82, 2.24) is 9.55 Å². The van der Waals surface area contributed by atoms with Crippen LogP contribution in [0, 0.1) is 17.8 Å². The lowest BCUT2D eigenvalue weighted by Crippen LogP contribution is -2.58. The summed E-state index contributed by atoms with van der Waals surface area (Å²) in [6, 6.07) is 2.93. The number of benzene rings is 1. The van der Waals surface area contributed by atoms with Gasteiger partial charge in [0, 0.05) is 0 Å². The Kier molecular flexibility index (Phi) is 3.12. The van der Waals surface area contributed by atoms with Gasteiger partial charge < -0.3 is 4.98 Å². The molecule has 1 heterocycles. The fourth-order valence-corrected chi connectivity index (χ4v) is 6.16. The lowest BCUT2D eigenvalue weighted by molar-refractivity contribution is -0.137. The summed E-state index contributed by atoms with van der Waals surface area (Å²) < 4.78 is 40.4. The molecule has 4 aliphatic carbocycles. The van der Waals surface area contributed by atoms with Crippen molar-refractivity contribution in [3.63, 3.8) is 0 Å². The topological polar surface area (TPSA) is 54.9 Å². The summed E-state index contributed by atoms with van der Waals surface area (Å²) in [7, 11) is 0. The van der Waals surface area contributed by atoms with Gasteiger partial charge in [0.2, 0.25) is 0 Å². The molecule has 4 aliphatic rings. The maximum atomic E-state index is 13.1. The maximum absolute atomic E-state index is 13.1. The van der Waals surface area contributed by atoms with E-state index in [1.165, 1.54) is 10.6 Å². The van der Waals surface area contributed by atoms with Crippen molar-refractivity contribution in [2.24, 2.45) is 17.8 Å². The number of aromatic amines is 1. The fourth-order valence-electron chi connectivity index (χ4n) is 6.16. The molecular formula is C19H19F3N2O2. The van der Waals surface area contributed by atoms with Crippen LogP contribution in [-0.2, 0) is 11.7 Å². The third-order valence-electron chi connectivity index (χ3n) is 6.71. The lowest BCUT2D eigenvalue weighted by Gasteiger charge is -2.56. The molecule has 4 fully saturated rings. The van der Waals surface area contributed by atoms with E-state index in [1.807, 2.05) is 0 Å². The van der Waals surface area contributed by atoms with Crippen molar-refractivity contribution in [2.45, 2.75) is 50.2 Å². The van der Waals surface area contributed by atoms with E-state index < -0.39 is 28.5 Å². The van der Waals surface area contributed by atoms with Crippen molar-refractivity contribution < 1.29 is 13.2 Å². The molecule has 1 N–H and O–H groups in total. The highest BCUT2D eigenvalue weighted by Gasteiger charge is 2.53. The van der Waals surface area contributed by atoms with Crippen LogP contribution in [0.25, 0.3) is 10.9 Å². The van der Waals surface area contributed by atoms with Gasteiger partial charge in [0.25, 0.3) is 5.56 Å². The molecule has 1 aromatic carbocycles. The van der Waals surface area contributed by atoms with Crippen molar-refractivity contribution in [1.29, 1.82) is 0 Å². The van der Waals surface area contributed by atoms with E-state index in [2.05, 4.69) is 4.98 Å². The predicted octanol–water partition coefficient (Wildman–Crippen LogP) is 3.63. The van der Waals surface area contributed by atoms with Crippen molar-refractivity contribution in [3.05, 3.63) is 44.6 Å². The number of nitrogens with one attached hydrogen (secondary N) is 1. The molecule has 26 heavy (non-hydrogen) atoms. The van der Waals surface area contributed by atoms with Gasteiger partial charge >= 0.3 is 11.9 Å². The molecule has 138 valence electrons. The smallest absolute Gasteiger partial charge is 0.307 e. The summed E-state index contributed by atoms with van der Waals surface area (Å²) in [4.78, 5) is 28.5. The second kappa shape index (κ2) is 5.02. The van der Waals surface area contributed by atoms with Crippen molar-refractivity contribution in [3.8, 4) is 0 Å². The van der Waals surface area contributed by atoms with Gasteiger partial charge in [-0.05, 0) is 74.5 Å². The van der Waals surface area contributed by atoms with Crippen LogP contribution in [0.1, 0.15) is 44.1 Å². The molecule has 4 saturated carbocycles. The van der Waals surface area contributed by atoms with E-state index in [-0.39, 0.29) is 10.9 Å². The highest BCUT2D eigenvalue weighted by Crippen LogP contribution is 2.58. The predicted molar refractivity (Wildman–Crippen MR) is 90.0 cm³/mol. The van der Waals surface area contributed by atoms with Gasteiger partial charge in [-0.25, -0.2) is 4.79 Å². The first-order chi connectivity index (χ1) is 12.2. The fraction of sp³-hybridized carbons (Fsp3) is 0.579. The number of halogens is 3. The highest BCUT2D eigenvalue weighted by atomic mass is 19.4. The Bertz CT molecular complexity index is 983. The zero-order chi connectivity index (χ0) is 18.3. The molecular weight excluding hydrogens is 345 g/mol. The summed E-state index contributed by atoms with van der Waals surface area (Å²) in [5.41, 5.74) is -2.32. The van der Waals surface area contributed by atoms with Gasteiger partial charge in [0.1, 0.15) is 0 Å². The number of rotatable bonds is 1. The number of hydrogen-bond donors (Lipinski definition) is 1. The minimum absolute atomic E-state index is 0.0600. The van der Waals surface area contributed by atoms with Crippen LogP contribution in [0.15, 0.2) is 27.8 Å². The van der Waals surface area contributed by atoms with Gasteiger partial charge in [0.15, 0.2) is 0 Å². The van der Waals surface area contributed by atoms with E-state index in [9.17, 15) is 22.8 Å². The normalized spacial score (nSPS) is 33.1. The van der Waals surface area contributed by atoms with Crippen LogP contribution >= 0.6 is 0 Å². The van der Waals surface area contributed by atoms with E-state index in [0.29, 0.717) is 17.8 Å². The van der Waals surface area contributed by atoms with Crippen LogP contribution < -0.4 is 11.2 Å². The highest BCUT2D eigenvalue weighted by molar-refractivity contribution is 5.78. The van der Waals surface area contributed by atoms with Gasteiger partial charge in [-0.15, -0.1) is 0 Å². The lowest BCUT2D eigenvalue weighted by atomic mass is 9.53. The Labute approximate surface area is 147 Å². The Hall–Kier alpha value is -2.05. The first-order valence-electron chi connectivity index (χ1n) is 9.12. The van der Waals surface area contributed by atoms with Gasteiger partial charge in [-0.3, -0.25) is 9.36 Å². The summed E-state index contributed by atoms with van der Waals surface area (Å²) in [6.07, 6.45) is 1.28. The van der Waals surface area contributed by atoms with Gasteiger partial charge in [-0.2, -0.15) is 13.2 Å². The molecule has 1 aromatic heterocycles. The largest absolute Gasteiger partial charge is 0.416 e. The number of alkyl halides is 3. The zero-order valence-electron chi connectivity index (χ0n) is 14.1. The molecule has 0 radical (unpaired) electrons. The van der Waals surface area contributed by atoms with E-state index >= 15 is 0 Å². The molecule has 0 spiro atoms. The van der Waals surface area contributed by atoms with E-state index in [4.69, 9.17) is 0 Å². The summed E-state index contributed by atoms with van der Waals surface area (Å²) in [6.45, 7) is 0.